The van der Waals surface area contributed by atoms with Gasteiger partial charge in [-0.05, 0) is 23.8 Å². The molecule has 1 aromatic heterocycles. The minimum absolute atomic E-state index is 0.132. The van der Waals surface area contributed by atoms with Gasteiger partial charge >= 0.3 is 12.1 Å². The first-order valence-corrected chi connectivity index (χ1v) is 8.97. The molecule has 0 aliphatic carbocycles. The Kier molecular flexibility index (Phi) is 4.92. The number of benzene rings is 2. The Balaban J connectivity index is 1.36. The molecule has 2 aromatic carbocycles. The van der Waals surface area contributed by atoms with Crippen molar-refractivity contribution in [2.45, 2.75) is 6.54 Å². The maximum atomic E-state index is 12.3. The standard InChI is InChI=1S/C20H20N6O2/c27-19(23-16-7-4-8-18(11-16)26-10-9-21-20(26)28)24-17-12-22-25(14-17)13-15-5-2-1-3-6-15/h1-8,11-12,14H,9-10,13H2,(H,21,28)(H2,23,24,27). The molecule has 0 spiro atoms. The van der Waals surface area contributed by atoms with Crippen LogP contribution in [0.15, 0.2) is 67.0 Å². The zero-order valence-corrected chi connectivity index (χ0v) is 15.1. The number of urea groups is 2. The molecule has 3 N–H and O–H groups in total. The first kappa shape index (κ1) is 17.6. The minimum atomic E-state index is -0.373. The van der Waals surface area contributed by atoms with E-state index in [0.29, 0.717) is 31.0 Å². The van der Waals surface area contributed by atoms with Crippen molar-refractivity contribution in [2.75, 3.05) is 28.6 Å². The van der Waals surface area contributed by atoms with Crippen LogP contribution in [0.5, 0.6) is 0 Å². The van der Waals surface area contributed by atoms with Crippen molar-refractivity contribution in [3.8, 4) is 0 Å². The Morgan fingerprint density at radius 2 is 1.89 bits per heavy atom. The molecule has 0 atom stereocenters. The van der Waals surface area contributed by atoms with Crippen LogP contribution in [0.3, 0.4) is 0 Å². The number of anilines is 3. The Morgan fingerprint density at radius 3 is 2.68 bits per heavy atom. The predicted molar refractivity (Wildman–Crippen MR) is 108 cm³/mol. The Hall–Kier alpha value is -3.81. The van der Waals surface area contributed by atoms with Gasteiger partial charge in [-0.2, -0.15) is 5.10 Å². The molecule has 142 valence electrons. The second kappa shape index (κ2) is 7.83. The molecule has 28 heavy (non-hydrogen) atoms. The third-order valence-electron chi connectivity index (χ3n) is 4.35. The molecule has 1 aliphatic heterocycles. The summed E-state index contributed by atoms with van der Waals surface area (Å²) >= 11 is 0. The van der Waals surface area contributed by atoms with Gasteiger partial charge in [0.1, 0.15) is 0 Å². The van der Waals surface area contributed by atoms with E-state index in [1.165, 1.54) is 0 Å². The smallest absolute Gasteiger partial charge is 0.323 e. The summed E-state index contributed by atoms with van der Waals surface area (Å²) < 4.78 is 1.76. The quantitative estimate of drug-likeness (QED) is 0.639. The van der Waals surface area contributed by atoms with E-state index in [0.717, 1.165) is 11.3 Å². The maximum Gasteiger partial charge on any atom is 0.323 e. The van der Waals surface area contributed by atoms with Crippen LogP contribution in [0.1, 0.15) is 5.56 Å². The molecule has 1 fully saturated rings. The molecule has 0 radical (unpaired) electrons. The second-order valence-electron chi connectivity index (χ2n) is 6.43. The number of amides is 4. The van der Waals surface area contributed by atoms with E-state index in [-0.39, 0.29) is 12.1 Å². The summed E-state index contributed by atoms with van der Waals surface area (Å²) in [6.45, 7) is 1.85. The van der Waals surface area contributed by atoms with E-state index in [1.54, 1.807) is 40.2 Å². The fraction of sp³-hybridized carbons (Fsp3) is 0.150. The van der Waals surface area contributed by atoms with Gasteiger partial charge in [0.15, 0.2) is 0 Å². The van der Waals surface area contributed by atoms with Gasteiger partial charge in [0.25, 0.3) is 0 Å². The van der Waals surface area contributed by atoms with Gasteiger partial charge in [-0.1, -0.05) is 36.4 Å². The summed E-state index contributed by atoms with van der Waals surface area (Å²) in [5.74, 6) is 0. The molecule has 4 rings (SSSR count). The highest BCUT2D eigenvalue weighted by atomic mass is 16.2. The van der Waals surface area contributed by atoms with E-state index in [2.05, 4.69) is 21.0 Å². The van der Waals surface area contributed by atoms with Crippen molar-refractivity contribution in [1.29, 1.82) is 0 Å². The van der Waals surface area contributed by atoms with Gasteiger partial charge in [0, 0.05) is 30.7 Å². The van der Waals surface area contributed by atoms with E-state index in [9.17, 15) is 9.59 Å². The van der Waals surface area contributed by atoms with Gasteiger partial charge in [-0.25, -0.2) is 9.59 Å². The van der Waals surface area contributed by atoms with Crippen molar-refractivity contribution < 1.29 is 9.59 Å². The topological polar surface area (TPSA) is 91.3 Å². The van der Waals surface area contributed by atoms with Crippen molar-refractivity contribution >= 4 is 29.1 Å². The molecule has 2 heterocycles. The number of nitrogens with zero attached hydrogens (tertiary/aromatic N) is 3. The highest BCUT2D eigenvalue weighted by molar-refractivity contribution is 6.00. The van der Waals surface area contributed by atoms with Crippen molar-refractivity contribution in [3.05, 3.63) is 72.6 Å². The van der Waals surface area contributed by atoms with Gasteiger partial charge in [-0.15, -0.1) is 0 Å². The monoisotopic (exact) mass is 376 g/mol. The van der Waals surface area contributed by atoms with Crippen molar-refractivity contribution in [1.82, 2.24) is 15.1 Å². The summed E-state index contributed by atoms with van der Waals surface area (Å²) in [7, 11) is 0. The lowest BCUT2D eigenvalue weighted by Crippen LogP contribution is -2.27. The number of aromatic nitrogens is 2. The fourth-order valence-electron chi connectivity index (χ4n) is 3.05. The van der Waals surface area contributed by atoms with Crippen LogP contribution in [-0.4, -0.2) is 34.9 Å². The number of carbonyl (C=O) groups excluding carboxylic acids is 2. The van der Waals surface area contributed by atoms with Gasteiger partial charge < -0.3 is 16.0 Å². The maximum absolute atomic E-state index is 12.3. The average molecular weight is 376 g/mol. The lowest BCUT2D eigenvalue weighted by atomic mass is 10.2. The van der Waals surface area contributed by atoms with Crippen molar-refractivity contribution in [3.63, 3.8) is 0 Å². The summed E-state index contributed by atoms with van der Waals surface area (Å²) in [5.41, 5.74) is 3.07. The number of carbonyl (C=O) groups is 2. The van der Waals surface area contributed by atoms with Crippen LogP contribution in [0.2, 0.25) is 0 Å². The lowest BCUT2D eigenvalue weighted by molar-refractivity contribution is 0.252. The van der Waals surface area contributed by atoms with Gasteiger partial charge in [-0.3, -0.25) is 9.58 Å². The molecule has 0 bridgehead atoms. The van der Waals surface area contributed by atoms with Crippen LogP contribution in [-0.2, 0) is 6.54 Å². The highest BCUT2D eigenvalue weighted by Crippen LogP contribution is 2.21. The predicted octanol–water partition coefficient (Wildman–Crippen LogP) is 3.11. The molecule has 3 aromatic rings. The molecule has 4 amide bonds. The SMILES string of the molecule is O=C(Nc1cccc(N2CCNC2=O)c1)Nc1cnn(Cc2ccccc2)c1. The second-order valence-corrected chi connectivity index (χ2v) is 6.43. The zero-order chi connectivity index (χ0) is 19.3. The minimum Gasteiger partial charge on any atom is -0.336 e. The summed E-state index contributed by atoms with van der Waals surface area (Å²) in [6, 6.07) is 16.6. The van der Waals surface area contributed by atoms with Gasteiger partial charge in [0.05, 0.1) is 18.4 Å². The molecule has 0 unspecified atom stereocenters. The average Bonchev–Trinajstić information content (AvgIpc) is 3.31. The van der Waals surface area contributed by atoms with E-state index >= 15 is 0 Å². The van der Waals surface area contributed by atoms with Gasteiger partial charge in [0.2, 0.25) is 0 Å². The lowest BCUT2D eigenvalue weighted by Gasteiger charge is -2.15. The van der Waals surface area contributed by atoms with Crippen LogP contribution < -0.4 is 20.9 Å². The molecule has 0 saturated carbocycles. The number of rotatable bonds is 5. The Labute approximate surface area is 162 Å². The molecule has 1 aliphatic rings. The molecular weight excluding hydrogens is 356 g/mol. The molecule has 1 saturated heterocycles. The summed E-state index contributed by atoms with van der Waals surface area (Å²) in [5, 5.41) is 12.6. The van der Waals surface area contributed by atoms with E-state index in [4.69, 9.17) is 0 Å². The van der Waals surface area contributed by atoms with Crippen molar-refractivity contribution in [2.24, 2.45) is 0 Å². The zero-order valence-electron chi connectivity index (χ0n) is 15.1. The highest BCUT2D eigenvalue weighted by Gasteiger charge is 2.21. The van der Waals surface area contributed by atoms with Crippen LogP contribution in [0.25, 0.3) is 0 Å². The summed E-state index contributed by atoms with van der Waals surface area (Å²) in [6.07, 6.45) is 3.38. The fourth-order valence-corrected chi connectivity index (χ4v) is 3.05. The first-order valence-electron chi connectivity index (χ1n) is 8.97. The Bertz CT molecular complexity index is 985. The van der Waals surface area contributed by atoms with Crippen LogP contribution in [0.4, 0.5) is 26.7 Å². The largest absolute Gasteiger partial charge is 0.336 e. The molecular formula is C20H20N6O2. The Morgan fingerprint density at radius 1 is 1.07 bits per heavy atom. The van der Waals surface area contributed by atoms with E-state index < -0.39 is 0 Å². The number of hydrogen-bond acceptors (Lipinski definition) is 3. The normalized spacial score (nSPS) is 13.3. The third kappa shape index (κ3) is 4.12. The number of nitrogens with one attached hydrogen (secondary N) is 3. The molecule has 8 nitrogen and oxygen atoms in total. The molecule has 8 heteroatoms. The van der Waals surface area contributed by atoms with Crippen LogP contribution >= 0.6 is 0 Å². The first-order chi connectivity index (χ1) is 13.7. The van der Waals surface area contributed by atoms with Crippen LogP contribution in [0, 0.1) is 0 Å². The third-order valence-corrected chi connectivity index (χ3v) is 4.35. The number of hydrogen-bond donors (Lipinski definition) is 3. The summed E-state index contributed by atoms with van der Waals surface area (Å²) in [4.78, 5) is 25.7. The van der Waals surface area contributed by atoms with E-state index in [1.807, 2.05) is 36.4 Å².